The van der Waals surface area contributed by atoms with Gasteiger partial charge in [0.1, 0.15) is 11.7 Å². The lowest BCUT2D eigenvalue weighted by Crippen LogP contribution is -2.57. The molecule has 31 heavy (non-hydrogen) atoms. The van der Waals surface area contributed by atoms with Crippen molar-refractivity contribution in [3.63, 3.8) is 0 Å². The molecule has 3 aromatic carbocycles. The Morgan fingerprint density at radius 2 is 1.39 bits per heavy atom. The van der Waals surface area contributed by atoms with Crippen LogP contribution in [0.4, 0.5) is 10.1 Å². The van der Waals surface area contributed by atoms with Gasteiger partial charge in [0.15, 0.2) is 0 Å². The van der Waals surface area contributed by atoms with Crippen LogP contribution in [0.2, 0.25) is 0 Å². The largest absolute Gasteiger partial charge is 0.285 e. The molecule has 1 fully saturated rings. The van der Waals surface area contributed by atoms with Crippen LogP contribution in [-0.2, 0) is 15.1 Å². The molecule has 2 atom stereocenters. The van der Waals surface area contributed by atoms with Gasteiger partial charge in [-0.2, -0.15) is 0 Å². The van der Waals surface area contributed by atoms with Crippen LogP contribution in [0.15, 0.2) is 72.8 Å². The number of benzene rings is 3. The minimum Gasteiger partial charge on any atom is -0.274 e. The zero-order chi connectivity index (χ0) is 21.5. The predicted molar refractivity (Wildman–Crippen MR) is 108 cm³/mol. The van der Waals surface area contributed by atoms with E-state index in [0.29, 0.717) is 22.3 Å². The van der Waals surface area contributed by atoms with Gasteiger partial charge in [-0.25, -0.2) is 9.29 Å². The molecule has 4 aliphatic rings. The number of halogens is 1. The van der Waals surface area contributed by atoms with Crippen LogP contribution in [0.1, 0.15) is 28.2 Å². The van der Waals surface area contributed by atoms with Crippen molar-refractivity contribution in [3.05, 3.63) is 111 Å². The quantitative estimate of drug-likeness (QED) is 0.365. The van der Waals surface area contributed by atoms with Crippen molar-refractivity contribution in [1.29, 1.82) is 0 Å². The fraction of sp³-hybridized carbons (Fsp3) is 0.167. The van der Waals surface area contributed by atoms with Crippen molar-refractivity contribution in [2.24, 2.45) is 11.8 Å². The number of rotatable bonds is 2. The van der Waals surface area contributed by atoms with Gasteiger partial charge in [-0.1, -0.05) is 48.5 Å². The highest BCUT2D eigenvalue weighted by molar-refractivity contribution is 6.23. The molecule has 0 radical (unpaired) electrons. The molecule has 7 rings (SSSR count). The predicted octanol–water partition coefficient (Wildman–Crippen LogP) is 3.61. The summed E-state index contributed by atoms with van der Waals surface area (Å²) < 4.78 is 13.4. The molecule has 7 heteroatoms. The second kappa shape index (κ2) is 5.85. The standard InChI is InChI=1S/C24H15FN2O4/c25-13-9-11-14(12-10-13)26-22(28)20-19-15-5-1-3-7-17(15)24(27(30)31,21(20)23(26)29)18-8-4-2-6-16(18)19/h1-12,19-21H/t19?,20-,21+,24?/m0/s1. The van der Waals surface area contributed by atoms with Gasteiger partial charge < -0.3 is 0 Å². The highest BCUT2D eigenvalue weighted by atomic mass is 19.1. The number of hydrogen-bond acceptors (Lipinski definition) is 4. The first-order chi connectivity index (χ1) is 15.0. The average molecular weight is 414 g/mol. The maximum absolute atomic E-state index is 13.7. The summed E-state index contributed by atoms with van der Waals surface area (Å²) in [6.07, 6.45) is 0. The topological polar surface area (TPSA) is 80.5 Å². The summed E-state index contributed by atoms with van der Waals surface area (Å²) in [5.74, 6) is -4.13. The van der Waals surface area contributed by atoms with Crippen molar-refractivity contribution in [1.82, 2.24) is 0 Å². The molecule has 1 saturated heterocycles. The first kappa shape index (κ1) is 17.9. The monoisotopic (exact) mass is 414 g/mol. The fourth-order valence-corrected chi connectivity index (χ4v) is 5.89. The Morgan fingerprint density at radius 1 is 0.839 bits per heavy atom. The van der Waals surface area contributed by atoms with Crippen LogP contribution in [-0.4, -0.2) is 16.7 Å². The smallest absolute Gasteiger partial charge is 0.274 e. The van der Waals surface area contributed by atoms with Crippen molar-refractivity contribution in [2.75, 3.05) is 4.90 Å². The van der Waals surface area contributed by atoms with Gasteiger partial charge in [-0.3, -0.25) is 19.7 Å². The Morgan fingerprint density at radius 3 is 1.94 bits per heavy atom. The lowest BCUT2D eigenvalue weighted by molar-refractivity contribution is -0.578. The number of carbonyl (C=O) groups is 2. The summed E-state index contributed by atoms with van der Waals surface area (Å²) in [5.41, 5.74) is 0.715. The van der Waals surface area contributed by atoms with Crippen LogP contribution < -0.4 is 4.90 Å². The lowest BCUT2D eigenvalue weighted by atomic mass is 9.51. The summed E-state index contributed by atoms with van der Waals surface area (Å²) in [7, 11) is 0. The molecular formula is C24H15FN2O4. The fourth-order valence-electron chi connectivity index (χ4n) is 5.89. The van der Waals surface area contributed by atoms with Crippen molar-refractivity contribution >= 4 is 17.5 Å². The molecule has 2 amide bonds. The van der Waals surface area contributed by atoms with E-state index in [-0.39, 0.29) is 5.69 Å². The van der Waals surface area contributed by atoms with Crippen LogP contribution in [0.3, 0.4) is 0 Å². The number of amides is 2. The maximum atomic E-state index is 13.7. The maximum Gasteiger partial charge on any atom is 0.285 e. The summed E-state index contributed by atoms with van der Waals surface area (Å²) in [5, 5.41) is 12.8. The number of anilines is 1. The third-order valence-electron chi connectivity index (χ3n) is 6.95. The van der Waals surface area contributed by atoms with Gasteiger partial charge in [-0.05, 0) is 35.4 Å². The molecule has 3 aromatic rings. The minimum atomic E-state index is -1.85. The third-order valence-corrected chi connectivity index (χ3v) is 6.95. The number of nitrogens with zero attached hydrogens (tertiary/aromatic N) is 2. The first-order valence-corrected chi connectivity index (χ1v) is 9.94. The Kier molecular flexibility index (Phi) is 3.38. The van der Waals surface area contributed by atoms with Gasteiger partial charge in [0.05, 0.1) is 11.6 Å². The average Bonchev–Trinajstić information content (AvgIpc) is 3.05. The zero-order valence-electron chi connectivity index (χ0n) is 16.1. The van der Waals surface area contributed by atoms with E-state index in [0.717, 1.165) is 4.90 Å². The first-order valence-electron chi connectivity index (χ1n) is 9.94. The Hall–Kier alpha value is -3.87. The van der Waals surface area contributed by atoms with Crippen LogP contribution >= 0.6 is 0 Å². The summed E-state index contributed by atoms with van der Waals surface area (Å²) in [6.45, 7) is 0. The van der Waals surface area contributed by atoms with Gasteiger partial charge in [0, 0.05) is 22.0 Å². The van der Waals surface area contributed by atoms with Crippen LogP contribution in [0.5, 0.6) is 0 Å². The molecule has 0 N–H and O–H groups in total. The Balaban J connectivity index is 1.67. The van der Waals surface area contributed by atoms with Gasteiger partial charge in [-0.15, -0.1) is 0 Å². The molecule has 1 aliphatic heterocycles. The molecule has 3 aliphatic carbocycles. The Labute approximate surface area is 176 Å². The molecule has 6 nitrogen and oxygen atoms in total. The number of imide groups is 1. The van der Waals surface area contributed by atoms with E-state index >= 15 is 0 Å². The van der Waals surface area contributed by atoms with E-state index in [4.69, 9.17) is 0 Å². The normalized spacial score (nSPS) is 27.6. The molecule has 0 aromatic heterocycles. The van der Waals surface area contributed by atoms with Gasteiger partial charge in [0.25, 0.3) is 5.54 Å². The van der Waals surface area contributed by atoms with Crippen molar-refractivity contribution < 1.29 is 18.9 Å². The van der Waals surface area contributed by atoms with E-state index in [9.17, 15) is 24.1 Å². The second-order valence-corrected chi connectivity index (χ2v) is 8.17. The lowest BCUT2D eigenvalue weighted by Gasteiger charge is -2.48. The number of nitro groups is 1. The number of carbonyl (C=O) groups excluding carboxylic acids is 2. The molecule has 1 heterocycles. The van der Waals surface area contributed by atoms with Crippen LogP contribution in [0.25, 0.3) is 0 Å². The van der Waals surface area contributed by atoms with E-state index in [1.54, 1.807) is 36.4 Å². The van der Waals surface area contributed by atoms with Crippen molar-refractivity contribution in [3.8, 4) is 0 Å². The molecule has 152 valence electrons. The summed E-state index contributed by atoms with van der Waals surface area (Å²) in [4.78, 5) is 40.7. The number of hydrogen-bond donors (Lipinski definition) is 0. The second-order valence-electron chi connectivity index (χ2n) is 8.17. The van der Waals surface area contributed by atoms with Gasteiger partial charge in [0.2, 0.25) is 11.8 Å². The molecular weight excluding hydrogens is 399 g/mol. The third kappa shape index (κ3) is 1.96. The van der Waals surface area contributed by atoms with E-state index in [1.165, 1.54) is 24.3 Å². The van der Waals surface area contributed by atoms with Crippen LogP contribution in [0, 0.1) is 27.8 Å². The van der Waals surface area contributed by atoms with Gasteiger partial charge >= 0.3 is 0 Å². The zero-order valence-corrected chi connectivity index (χ0v) is 16.1. The summed E-state index contributed by atoms with van der Waals surface area (Å²) in [6, 6.07) is 19.1. The van der Waals surface area contributed by atoms with E-state index in [1.807, 2.05) is 12.1 Å². The van der Waals surface area contributed by atoms with E-state index < -0.39 is 45.8 Å². The molecule has 2 bridgehead atoms. The molecule has 0 unspecified atom stereocenters. The highest BCUT2D eigenvalue weighted by Gasteiger charge is 2.74. The Bertz CT molecular complexity index is 1260. The van der Waals surface area contributed by atoms with E-state index in [2.05, 4.69) is 0 Å². The highest BCUT2D eigenvalue weighted by Crippen LogP contribution is 2.64. The summed E-state index contributed by atoms with van der Waals surface area (Å²) >= 11 is 0. The molecule has 0 saturated carbocycles. The van der Waals surface area contributed by atoms with Crippen molar-refractivity contribution in [2.45, 2.75) is 11.5 Å². The SMILES string of the molecule is O=C1[C@H]2C3c4ccccc4C([N+](=O)[O-])(c4ccccc43)[C@H]2C(=O)N1c1ccc(F)cc1. The minimum absolute atomic E-state index is 0.219. The molecule has 0 spiro atoms.